The van der Waals surface area contributed by atoms with Gasteiger partial charge in [0.1, 0.15) is 23.9 Å². The maximum atomic E-state index is 12.0. The Bertz CT molecular complexity index is 801. The van der Waals surface area contributed by atoms with Crippen molar-refractivity contribution in [3.05, 3.63) is 40.6 Å². The molecule has 1 aromatic carbocycles. The summed E-state index contributed by atoms with van der Waals surface area (Å²) in [7, 11) is 1.35. The number of imide groups is 1. The highest BCUT2D eigenvalue weighted by Crippen LogP contribution is 2.29. The molecule has 100 valence electrons. The highest BCUT2D eigenvalue weighted by Gasteiger charge is 2.35. The maximum absolute atomic E-state index is 12.0. The molecule has 7 heteroatoms. The first-order valence-corrected chi connectivity index (χ1v) is 5.72. The normalized spacial score (nSPS) is 12.0. The van der Waals surface area contributed by atoms with Gasteiger partial charge in [-0.25, -0.2) is 0 Å². The summed E-state index contributed by atoms with van der Waals surface area (Å²) in [5, 5.41) is 29.1. The van der Waals surface area contributed by atoms with Gasteiger partial charge in [-0.3, -0.25) is 14.5 Å². The van der Waals surface area contributed by atoms with E-state index in [0.29, 0.717) is 0 Å². The molecule has 1 aliphatic heterocycles. The van der Waals surface area contributed by atoms with E-state index in [1.54, 1.807) is 24.3 Å². The Kier molecular flexibility index (Phi) is 3.39. The lowest BCUT2D eigenvalue weighted by atomic mass is 10.1. The van der Waals surface area contributed by atoms with Crippen molar-refractivity contribution in [1.29, 1.82) is 15.8 Å². The topological polar surface area (TPSA) is 121 Å². The number of hydrogen-bond donors (Lipinski definition) is 1. The smallest absolute Gasteiger partial charge is 0.263 e. The molecule has 0 spiro atoms. The first-order valence-electron chi connectivity index (χ1n) is 5.72. The number of hydrogen-bond acceptors (Lipinski definition) is 6. The second-order valence-electron chi connectivity index (χ2n) is 4.11. The Hall–Kier alpha value is -3.63. The molecule has 0 fully saturated rings. The molecule has 0 saturated heterocycles. The average molecular weight is 277 g/mol. The first kappa shape index (κ1) is 13.8. The fraction of sp³-hybridized carbons (Fsp3) is 0.0714. The number of allylic oxidation sites excluding steroid dienone is 2. The molecule has 21 heavy (non-hydrogen) atoms. The third kappa shape index (κ3) is 2.07. The molecule has 1 aliphatic rings. The van der Waals surface area contributed by atoms with Crippen LogP contribution in [0.5, 0.6) is 0 Å². The number of fused-ring (bicyclic) bond motifs is 1. The van der Waals surface area contributed by atoms with Crippen molar-refractivity contribution >= 4 is 17.5 Å². The van der Waals surface area contributed by atoms with Crippen LogP contribution in [0.4, 0.5) is 5.69 Å². The van der Waals surface area contributed by atoms with E-state index in [-0.39, 0.29) is 22.5 Å². The van der Waals surface area contributed by atoms with Crippen LogP contribution in [-0.2, 0) is 0 Å². The van der Waals surface area contributed by atoms with Crippen LogP contribution >= 0.6 is 0 Å². The van der Waals surface area contributed by atoms with Gasteiger partial charge in [-0.1, -0.05) is 6.07 Å². The van der Waals surface area contributed by atoms with Crippen LogP contribution in [0.1, 0.15) is 20.7 Å². The fourth-order valence-electron chi connectivity index (χ4n) is 1.92. The van der Waals surface area contributed by atoms with Crippen molar-refractivity contribution in [2.75, 3.05) is 12.4 Å². The molecule has 2 rings (SSSR count). The zero-order chi connectivity index (χ0) is 15.6. The van der Waals surface area contributed by atoms with E-state index in [1.807, 2.05) is 0 Å². The molecule has 0 bridgehead atoms. The Labute approximate surface area is 119 Å². The van der Waals surface area contributed by atoms with Gasteiger partial charge in [0, 0.05) is 7.05 Å². The minimum absolute atomic E-state index is 0.118. The van der Waals surface area contributed by atoms with Gasteiger partial charge in [-0.15, -0.1) is 0 Å². The Morgan fingerprint density at radius 3 is 2.33 bits per heavy atom. The lowest BCUT2D eigenvalue weighted by Gasteiger charge is -2.08. The second kappa shape index (κ2) is 5.16. The minimum Gasteiger partial charge on any atom is -0.344 e. The number of nitriles is 3. The number of nitrogens with one attached hydrogen (secondary N) is 1. The van der Waals surface area contributed by atoms with E-state index in [0.717, 1.165) is 4.90 Å². The van der Waals surface area contributed by atoms with E-state index < -0.39 is 17.4 Å². The third-order valence-corrected chi connectivity index (χ3v) is 2.96. The molecule has 7 nitrogen and oxygen atoms in total. The zero-order valence-corrected chi connectivity index (χ0v) is 10.8. The number of carbonyl (C=O) groups excluding carboxylic acids is 2. The summed E-state index contributed by atoms with van der Waals surface area (Å²) in [6, 6.07) is 9.41. The molecule has 1 aromatic rings. The van der Waals surface area contributed by atoms with E-state index >= 15 is 0 Å². The molecule has 1 heterocycles. The second-order valence-corrected chi connectivity index (χ2v) is 4.11. The van der Waals surface area contributed by atoms with Crippen molar-refractivity contribution in [2.24, 2.45) is 0 Å². The van der Waals surface area contributed by atoms with Gasteiger partial charge in [0.2, 0.25) is 0 Å². The largest absolute Gasteiger partial charge is 0.344 e. The Balaban J connectivity index is 2.57. The fourth-order valence-corrected chi connectivity index (χ4v) is 1.92. The number of rotatable bonds is 2. The summed E-state index contributed by atoms with van der Waals surface area (Å²) in [5.74, 6) is -0.951. The SMILES string of the molecule is CN1C(=O)c2cccc(NC(C#N)=C(C#N)C#N)c2C1=O. The number of amides is 2. The number of benzene rings is 1. The molecule has 0 radical (unpaired) electrons. The van der Waals surface area contributed by atoms with Gasteiger partial charge in [-0.2, -0.15) is 15.8 Å². The summed E-state index contributed by atoms with van der Waals surface area (Å²) in [4.78, 5) is 24.9. The lowest BCUT2D eigenvalue weighted by Crippen LogP contribution is -2.24. The number of carbonyl (C=O) groups is 2. The van der Waals surface area contributed by atoms with Crippen molar-refractivity contribution in [3.63, 3.8) is 0 Å². The lowest BCUT2D eigenvalue weighted by molar-refractivity contribution is 0.0693. The minimum atomic E-state index is -0.508. The van der Waals surface area contributed by atoms with E-state index in [4.69, 9.17) is 15.8 Å². The van der Waals surface area contributed by atoms with E-state index in [9.17, 15) is 9.59 Å². The van der Waals surface area contributed by atoms with Gasteiger partial charge in [-0.05, 0) is 12.1 Å². The van der Waals surface area contributed by atoms with Crippen LogP contribution in [0.15, 0.2) is 29.5 Å². The Morgan fingerprint density at radius 1 is 1.10 bits per heavy atom. The van der Waals surface area contributed by atoms with Crippen LogP contribution in [0.25, 0.3) is 0 Å². The molecule has 0 aliphatic carbocycles. The zero-order valence-electron chi connectivity index (χ0n) is 10.8. The highest BCUT2D eigenvalue weighted by molar-refractivity contribution is 6.23. The van der Waals surface area contributed by atoms with Crippen molar-refractivity contribution < 1.29 is 9.59 Å². The summed E-state index contributed by atoms with van der Waals surface area (Å²) in [5.41, 5.74) is -0.147. The van der Waals surface area contributed by atoms with E-state index in [2.05, 4.69) is 5.32 Å². The highest BCUT2D eigenvalue weighted by atomic mass is 16.2. The van der Waals surface area contributed by atoms with Gasteiger partial charge in [0.15, 0.2) is 5.57 Å². The predicted octanol–water partition coefficient (Wildman–Crippen LogP) is 1.15. The molecular weight excluding hydrogens is 270 g/mol. The van der Waals surface area contributed by atoms with E-state index in [1.165, 1.54) is 19.2 Å². The van der Waals surface area contributed by atoms with Gasteiger partial charge in [0.05, 0.1) is 16.8 Å². The average Bonchev–Trinajstić information content (AvgIpc) is 2.73. The maximum Gasteiger partial charge on any atom is 0.263 e. The van der Waals surface area contributed by atoms with Crippen molar-refractivity contribution in [1.82, 2.24) is 4.90 Å². The first-order chi connectivity index (χ1) is 10.0. The van der Waals surface area contributed by atoms with Crippen LogP contribution < -0.4 is 5.32 Å². The van der Waals surface area contributed by atoms with Crippen LogP contribution in [0, 0.1) is 34.0 Å². The quantitative estimate of drug-likeness (QED) is 0.639. The summed E-state index contributed by atoms with van der Waals surface area (Å²) in [6.45, 7) is 0. The molecular formula is C14H7N5O2. The molecule has 0 unspecified atom stereocenters. The summed E-state index contributed by atoms with van der Waals surface area (Å²) < 4.78 is 0. The number of nitrogens with zero attached hydrogens (tertiary/aromatic N) is 4. The monoisotopic (exact) mass is 277 g/mol. The molecule has 0 aromatic heterocycles. The summed E-state index contributed by atoms with van der Waals surface area (Å²) in [6.07, 6.45) is 0. The van der Waals surface area contributed by atoms with Gasteiger partial charge >= 0.3 is 0 Å². The molecule has 0 atom stereocenters. The molecule has 1 N–H and O–H groups in total. The van der Waals surface area contributed by atoms with Crippen molar-refractivity contribution in [3.8, 4) is 18.2 Å². The van der Waals surface area contributed by atoms with Gasteiger partial charge in [0.25, 0.3) is 11.8 Å². The van der Waals surface area contributed by atoms with Crippen molar-refractivity contribution in [2.45, 2.75) is 0 Å². The standard InChI is InChI=1S/C14H7N5O2/c1-19-13(20)9-3-2-4-10(12(9)14(19)21)18-11(7-17)8(5-15)6-16/h2-4,18H,1H3. The molecule has 0 saturated carbocycles. The predicted molar refractivity (Wildman–Crippen MR) is 70.4 cm³/mol. The van der Waals surface area contributed by atoms with Crippen LogP contribution in [0.2, 0.25) is 0 Å². The third-order valence-electron chi connectivity index (χ3n) is 2.96. The summed E-state index contributed by atoms with van der Waals surface area (Å²) >= 11 is 0. The molecule has 2 amide bonds. The van der Waals surface area contributed by atoms with Crippen LogP contribution in [-0.4, -0.2) is 23.8 Å². The number of anilines is 1. The Morgan fingerprint density at radius 2 is 1.76 bits per heavy atom. The van der Waals surface area contributed by atoms with Crippen LogP contribution in [0.3, 0.4) is 0 Å². The van der Waals surface area contributed by atoms with Gasteiger partial charge < -0.3 is 5.32 Å².